The molecule has 0 aromatic heterocycles. The van der Waals surface area contributed by atoms with Crippen molar-refractivity contribution in [1.29, 1.82) is 0 Å². The molecule has 1 amide bonds. The number of methoxy groups -OCH3 is 1. The van der Waals surface area contributed by atoms with E-state index in [1.54, 1.807) is 73.8 Å². The van der Waals surface area contributed by atoms with Gasteiger partial charge in [-0.1, -0.05) is 23.2 Å². The molecule has 0 heterocycles. The Morgan fingerprint density at radius 1 is 0.943 bits per heavy atom. The summed E-state index contributed by atoms with van der Waals surface area (Å²) in [5.74, 6) is 0.0526. The second-order valence-electron chi connectivity index (χ2n) is 7.04. The molecule has 0 aliphatic carbocycles. The zero-order valence-corrected chi connectivity index (χ0v) is 20.5. The summed E-state index contributed by atoms with van der Waals surface area (Å²) in [7, 11) is 1.50. The predicted molar refractivity (Wildman–Crippen MR) is 137 cm³/mol. The van der Waals surface area contributed by atoms with Gasteiger partial charge in [0.2, 0.25) is 0 Å². The molecule has 0 unspecified atom stereocenters. The van der Waals surface area contributed by atoms with E-state index in [-0.39, 0.29) is 12.5 Å². The van der Waals surface area contributed by atoms with Gasteiger partial charge < -0.3 is 19.5 Å². The van der Waals surface area contributed by atoms with Crippen LogP contribution < -0.4 is 20.2 Å². The highest BCUT2D eigenvalue weighted by Gasteiger charge is 2.10. The van der Waals surface area contributed by atoms with Crippen molar-refractivity contribution in [2.75, 3.05) is 31.1 Å². The van der Waals surface area contributed by atoms with E-state index in [2.05, 4.69) is 15.8 Å². The standard InChI is InChI=1S/C25H23Cl2N3O5/c1-3-34-25(32)17-5-7-18(8-6-17)29-24(31)15-35-22-11-4-16(12-23(22)33-2)14-28-30-19-9-10-20(26)21(27)13-19/h4-14,30H,3,15H2,1-2H3,(H,29,31). The number of halogens is 2. The van der Waals surface area contributed by atoms with E-state index < -0.39 is 5.97 Å². The molecule has 8 nitrogen and oxygen atoms in total. The highest BCUT2D eigenvalue weighted by atomic mass is 35.5. The van der Waals surface area contributed by atoms with Crippen LogP contribution in [0.4, 0.5) is 11.4 Å². The van der Waals surface area contributed by atoms with Gasteiger partial charge >= 0.3 is 5.97 Å². The molecule has 0 spiro atoms. The summed E-state index contributed by atoms with van der Waals surface area (Å²) in [4.78, 5) is 24.0. The van der Waals surface area contributed by atoms with Crippen molar-refractivity contribution in [1.82, 2.24) is 0 Å². The molecular formula is C25H23Cl2N3O5. The van der Waals surface area contributed by atoms with Crippen LogP contribution in [-0.4, -0.2) is 38.4 Å². The SMILES string of the molecule is CCOC(=O)c1ccc(NC(=O)COc2ccc(C=NNc3ccc(Cl)c(Cl)c3)cc2OC)cc1. The highest BCUT2D eigenvalue weighted by Crippen LogP contribution is 2.28. The Morgan fingerprint density at radius 2 is 1.69 bits per heavy atom. The molecule has 0 atom stereocenters. The molecule has 0 bridgehead atoms. The van der Waals surface area contributed by atoms with Gasteiger partial charge in [-0.2, -0.15) is 5.10 Å². The van der Waals surface area contributed by atoms with Crippen LogP contribution in [0.2, 0.25) is 10.0 Å². The van der Waals surface area contributed by atoms with Crippen LogP contribution in [0.5, 0.6) is 11.5 Å². The second kappa shape index (κ2) is 12.6. The molecule has 35 heavy (non-hydrogen) atoms. The average molecular weight is 516 g/mol. The molecule has 0 aliphatic heterocycles. The number of anilines is 2. The lowest BCUT2D eigenvalue weighted by molar-refractivity contribution is -0.118. The van der Waals surface area contributed by atoms with Gasteiger partial charge in [0.25, 0.3) is 5.91 Å². The minimum absolute atomic E-state index is 0.234. The lowest BCUT2D eigenvalue weighted by Crippen LogP contribution is -2.20. The smallest absolute Gasteiger partial charge is 0.338 e. The second-order valence-corrected chi connectivity index (χ2v) is 7.86. The van der Waals surface area contributed by atoms with Gasteiger partial charge in [-0.25, -0.2) is 4.79 Å². The maximum absolute atomic E-state index is 12.3. The van der Waals surface area contributed by atoms with E-state index in [1.165, 1.54) is 7.11 Å². The van der Waals surface area contributed by atoms with E-state index in [1.807, 2.05) is 0 Å². The number of hydrogen-bond donors (Lipinski definition) is 2. The molecule has 10 heteroatoms. The summed E-state index contributed by atoms with van der Waals surface area (Å²) in [6, 6.07) is 16.6. The van der Waals surface area contributed by atoms with Gasteiger partial charge in [0.15, 0.2) is 18.1 Å². The summed E-state index contributed by atoms with van der Waals surface area (Å²) in [6.45, 7) is 1.79. The van der Waals surface area contributed by atoms with Crippen molar-refractivity contribution in [2.45, 2.75) is 6.92 Å². The number of nitrogens with one attached hydrogen (secondary N) is 2. The van der Waals surface area contributed by atoms with Crippen LogP contribution in [-0.2, 0) is 9.53 Å². The summed E-state index contributed by atoms with van der Waals surface area (Å²) in [5, 5.41) is 7.76. The lowest BCUT2D eigenvalue weighted by Gasteiger charge is -2.12. The molecule has 182 valence electrons. The number of carbonyl (C=O) groups excluding carboxylic acids is 2. The van der Waals surface area contributed by atoms with E-state index in [0.717, 1.165) is 5.56 Å². The highest BCUT2D eigenvalue weighted by molar-refractivity contribution is 6.42. The number of nitrogens with zero attached hydrogens (tertiary/aromatic N) is 1. The first-order valence-corrected chi connectivity index (χ1v) is 11.3. The first kappa shape index (κ1) is 25.9. The quantitative estimate of drug-likeness (QED) is 0.206. The molecule has 0 saturated heterocycles. The van der Waals surface area contributed by atoms with Crippen molar-refractivity contribution in [3.63, 3.8) is 0 Å². The fraction of sp³-hybridized carbons (Fsp3) is 0.160. The molecule has 3 aromatic rings. The molecule has 0 fully saturated rings. The summed E-state index contributed by atoms with van der Waals surface area (Å²) in [6.07, 6.45) is 1.60. The average Bonchev–Trinajstić information content (AvgIpc) is 2.86. The Labute approximate surface area is 212 Å². The maximum Gasteiger partial charge on any atom is 0.338 e. The van der Waals surface area contributed by atoms with Crippen molar-refractivity contribution in [3.8, 4) is 11.5 Å². The van der Waals surface area contributed by atoms with Crippen LogP contribution in [0, 0.1) is 0 Å². The number of ether oxygens (including phenoxy) is 3. The number of hydrazone groups is 1. The molecule has 0 saturated carbocycles. The zero-order valence-electron chi connectivity index (χ0n) is 19.0. The van der Waals surface area contributed by atoms with Gasteiger partial charge in [-0.05, 0) is 73.2 Å². The Kier molecular flexibility index (Phi) is 9.34. The van der Waals surface area contributed by atoms with Gasteiger partial charge in [0, 0.05) is 5.69 Å². The Balaban J connectivity index is 1.54. The van der Waals surface area contributed by atoms with Gasteiger partial charge in [0.1, 0.15) is 0 Å². The Morgan fingerprint density at radius 3 is 2.37 bits per heavy atom. The lowest BCUT2D eigenvalue weighted by atomic mass is 10.2. The van der Waals surface area contributed by atoms with Gasteiger partial charge in [0.05, 0.1) is 41.2 Å². The van der Waals surface area contributed by atoms with Gasteiger partial charge in [-0.15, -0.1) is 0 Å². The van der Waals surface area contributed by atoms with Crippen LogP contribution in [0.3, 0.4) is 0 Å². The fourth-order valence-electron chi connectivity index (χ4n) is 2.88. The number of carbonyl (C=O) groups is 2. The largest absolute Gasteiger partial charge is 0.493 e. The molecule has 0 aliphatic rings. The van der Waals surface area contributed by atoms with Crippen molar-refractivity contribution in [2.24, 2.45) is 5.10 Å². The third-order valence-electron chi connectivity index (χ3n) is 4.55. The molecule has 3 rings (SSSR count). The summed E-state index contributed by atoms with van der Waals surface area (Å²) < 4.78 is 15.9. The third kappa shape index (κ3) is 7.63. The predicted octanol–water partition coefficient (Wildman–Crippen LogP) is 5.64. The number of esters is 1. The molecular weight excluding hydrogens is 493 g/mol. The van der Waals surface area contributed by atoms with Crippen LogP contribution in [0.25, 0.3) is 0 Å². The first-order chi connectivity index (χ1) is 16.9. The molecule has 3 aromatic carbocycles. The summed E-state index contributed by atoms with van der Waals surface area (Å²) >= 11 is 11.9. The van der Waals surface area contributed by atoms with Gasteiger partial charge in [-0.3, -0.25) is 10.2 Å². The molecule has 0 radical (unpaired) electrons. The number of rotatable bonds is 10. The molecule has 2 N–H and O–H groups in total. The van der Waals surface area contributed by atoms with Crippen LogP contribution in [0.1, 0.15) is 22.8 Å². The van der Waals surface area contributed by atoms with Crippen molar-refractivity contribution in [3.05, 3.63) is 81.8 Å². The minimum atomic E-state index is -0.417. The van der Waals surface area contributed by atoms with E-state index >= 15 is 0 Å². The van der Waals surface area contributed by atoms with E-state index in [0.29, 0.717) is 45.1 Å². The minimum Gasteiger partial charge on any atom is -0.493 e. The maximum atomic E-state index is 12.3. The Hall–Kier alpha value is -3.75. The monoisotopic (exact) mass is 515 g/mol. The van der Waals surface area contributed by atoms with E-state index in [9.17, 15) is 9.59 Å². The van der Waals surface area contributed by atoms with Crippen molar-refractivity contribution >= 4 is 52.7 Å². The summed E-state index contributed by atoms with van der Waals surface area (Å²) in [5.41, 5.74) is 5.23. The Bertz CT molecular complexity index is 1220. The van der Waals surface area contributed by atoms with Crippen LogP contribution >= 0.6 is 23.2 Å². The first-order valence-electron chi connectivity index (χ1n) is 10.5. The fourth-order valence-corrected chi connectivity index (χ4v) is 3.17. The normalized spacial score (nSPS) is 10.6. The van der Waals surface area contributed by atoms with Crippen molar-refractivity contribution < 1.29 is 23.8 Å². The number of benzene rings is 3. The number of hydrogen-bond acceptors (Lipinski definition) is 7. The van der Waals surface area contributed by atoms with Crippen LogP contribution in [0.15, 0.2) is 65.8 Å². The topological polar surface area (TPSA) is 98.2 Å². The third-order valence-corrected chi connectivity index (χ3v) is 5.29. The van der Waals surface area contributed by atoms with E-state index in [4.69, 9.17) is 37.4 Å². The number of amides is 1. The zero-order chi connectivity index (χ0) is 25.2.